The molecule has 12 heavy (non-hydrogen) atoms. The lowest BCUT2D eigenvalue weighted by Crippen LogP contribution is -1.81. The molecule has 0 unspecified atom stereocenters. The number of rotatable bonds is 9. The lowest BCUT2D eigenvalue weighted by atomic mass is 10.1. The summed E-state index contributed by atoms with van der Waals surface area (Å²) in [5.74, 6) is 0. The molecule has 0 aromatic rings. The summed E-state index contributed by atoms with van der Waals surface area (Å²) in [5.41, 5.74) is 0. The number of halogens is 1. The van der Waals surface area contributed by atoms with Crippen LogP contribution in [0.15, 0.2) is 0 Å². The molecular weight excluding hydrogens is 212 g/mol. The van der Waals surface area contributed by atoms with Crippen LogP contribution in [-0.4, -0.2) is 5.33 Å². The van der Waals surface area contributed by atoms with Crippen molar-refractivity contribution in [1.29, 1.82) is 0 Å². The monoisotopic (exact) mass is 233 g/mol. The molecule has 0 fully saturated rings. The molecule has 1 heteroatoms. The van der Waals surface area contributed by atoms with Crippen LogP contribution in [0.25, 0.3) is 0 Å². The lowest BCUT2D eigenvalue weighted by molar-refractivity contribution is 0.579. The molecule has 0 N–H and O–H groups in total. The summed E-state index contributed by atoms with van der Waals surface area (Å²) in [6.45, 7) is 3.84. The first-order valence-electron chi connectivity index (χ1n) is 5.27. The molecule has 0 saturated heterocycles. The molecule has 0 aliphatic rings. The highest BCUT2D eigenvalue weighted by molar-refractivity contribution is 9.09. The lowest BCUT2D eigenvalue weighted by Gasteiger charge is -1.99. The van der Waals surface area contributed by atoms with E-state index in [1.54, 1.807) is 0 Å². The van der Waals surface area contributed by atoms with Gasteiger partial charge < -0.3 is 0 Å². The summed E-state index contributed by atoms with van der Waals surface area (Å²) in [4.78, 5) is 0. The van der Waals surface area contributed by atoms with Gasteiger partial charge in [0.25, 0.3) is 0 Å². The largest absolute Gasteiger partial charge is 0.0928 e. The summed E-state index contributed by atoms with van der Waals surface area (Å²) in [6.07, 6.45) is 12.3. The van der Waals surface area contributed by atoms with Crippen LogP contribution < -0.4 is 0 Å². The predicted molar refractivity (Wildman–Crippen MR) is 60.7 cm³/mol. The first-order valence-corrected chi connectivity index (χ1v) is 6.39. The topological polar surface area (TPSA) is 0 Å². The molecular formula is C11H22Br. The Kier molecular flexibility index (Phi) is 11.9. The van der Waals surface area contributed by atoms with Gasteiger partial charge in [0, 0.05) is 5.33 Å². The van der Waals surface area contributed by atoms with Crippen molar-refractivity contribution in [3.05, 3.63) is 6.92 Å². The third kappa shape index (κ3) is 10.5. The third-order valence-corrected chi connectivity index (χ3v) is 2.69. The van der Waals surface area contributed by atoms with E-state index < -0.39 is 0 Å². The zero-order chi connectivity index (χ0) is 9.07. The molecule has 0 aromatic heterocycles. The molecule has 0 amide bonds. The highest BCUT2D eigenvalue weighted by Crippen LogP contribution is 2.09. The van der Waals surface area contributed by atoms with Crippen molar-refractivity contribution in [2.75, 3.05) is 5.33 Å². The average Bonchev–Trinajstić information content (AvgIpc) is 2.10. The van der Waals surface area contributed by atoms with E-state index in [-0.39, 0.29) is 0 Å². The van der Waals surface area contributed by atoms with E-state index in [9.17, 15) is 0 Å². The van der Waals surface area contributed by atoms with Gasteiger partial charge in [-0.05, 0) is 6.42 Å². The van der Waals surface area contributed by atoms with E-state index >= 15 is 0 Å². The van der Waals surface area contributed by atoms with Crippen molar-refractivity contribution >= 4 is 15.9 Å². The Balaban J connectivity index is 2.73. The molecule has 73 valence electrons. The Morgan fingerprint density at radius 2 is 1.08 bits per heavy atom. The molecule has 0 aromatic carbocycles. The molecule has 1 radical (unpaired) electrons. The quantitative estimate of drug-likeness (QED) is 0.399. The Morgan fingerprint density at radius 1 is 0.667 bits per heavy atom. The second-order valence-corrected chi connectivity index (χ2v) is 4.16. The van der Waals surface area contributed by atoms with Gasteiger partial charge in [-0.25, -0.2) is 0 Å². The fraction of sp³-hybridized carbons (Fsp3) is 0.909. The molecule has 0 nitrogen and oxygen atoms in total. The maximum Gasteiger partial charge on any atom is 0.00313 e. The van der Waals surface area contributed by atoms with E-state index in [0.717, 1.165) is 6.42 Å². The van der Waals surface area contributed by atoms with Crippen LogP contribution in [0.2, 0.25) is 0 Å². The number of alkyl halides is 1. The minimum Gasteiger partial charge on any atom is -0.0928 e. The van der Waals surface area contributed by atoms with Gasteiger partial charge in [0.05, 0.1) is 0 Å². The van der Waals surface area contributed by atoms with Gasteiger partial charge in [0.1, 0.15) is 0 Å². The van der Waals surface area contributed by atoms with Crippen LogP contribution in [0.3, 0.4) is 0 Å². The summed E-state index contributed by atoms with van der Waals surface area (Å²) in [6, 6.07) is 0. The van der Waals surface area contributed by atoms with Gasteiger partial charge in [0.2, 0.25) is 0 Å². The summed E-state index contributed by atoms with van der Waals surface area (Å²) >= 11 is 3.45. The van der Waals surface area contributed by atoms with Crippen molar-refractivity contribution in [3.8, 4) is 0 Å². The normalized spacial score (nSPS) is 10.5. The fourth-order valence-electron chi connectivity index (χ4n) is 1.33. The SMILES string of the molecule is [CH2]CCCCCCCCCCBr. The van der Waals surface area contributed by atoms with E-state index in [1.807, 2.05) is 0 Å². The molecule has 0 aliphatic carbocycles. The van der Waals surface area contributed by atoms with Crippen molar-refractivity contribution in [2.24, 2.45) is 0 Å². The number of hydrogen-bond donors (Lipinski definition) is 0. The van der Waals surface area contributed by atoms with Gasteiger partial charge in [-0.15, -0.1) is 0 Å². The molecule has 0 aliphatic heterocycles. The summed E-state index contributed by atoms with van der Waals surface area (Å²) in [7, 11) is 0. The molecule has 0 saturated carbocycles. The van der Waals surface area contributed by atoms with Crippen LogP contribution in [-0.2, 0) is 0 Å². The van der Waals surface area contributed by atoms with Gasteiger partial charge in [0.15, 0.2) is 0 Å². The minimum atomic E-state index is 1.11. The second kappa shape index (κ2) is 11.5. The zero-order valence-electron chi connectivity index (χ0n) is 8.16. The highest BCUT2D eigenvalue weighted by atomic mass is 79.9. The second-order valence-electron chi connectivity index (χ2n) is 3.37. The van der Waals surface area contributed by atoms with Gasteiger partial charge in [-0.2, -0.15) is 0 Å². The van der Waals surface area contributed by atoms with Crippen LogP contribution >= 0.6 is 15.9 Å². The Labute approximate surface area is 86.3 Å². The zero-order valence-corrected chi connectivity index (χ0v) is 9.74. The van der Waals surface area contributed by atoms with Gasteiger partial charge in [-0.3, -0.25) is 0 Å². The maximum absolute atomic E-state index is 3.84. The molecule has 0 bridgehead atoms. The van der Waals surface area contributed by atoms with Crippen molar-refractivity contribution < 1.29 is 0 Å². The van der Waals surface area contributed by atoms with E-state index in [1.165, 1.54) is 56.7 Å². The average molecular weight is 234 g/mol. The van der Waals surface area contributed by atoms with Crippen LogP contribution in [0.5, 0.6) is 0 Å². The summed E-state index contributed by atoms with van der Waals surface area (Å²) < 4.78 is 0. The third-order valence-electron chi connectivity index (χ3n) is 2.13. The first-order chi connectivity index (χ1) is 5.91. The number of unbranched alkanes of at least 4 members (excludes halogenated alkanes) is 8. The Bertz CT molecular complexity index is 61.4. The molecule has 0 rings (SSSR count). The minimum absolute atomic E-state index is 1.11. The van der Waals surface area contributed by atoms with Crippen molar-refractivity contribution in [3.63, 3.8) is 0 Å². The van der Waals surface area contributed by atoms with Gasteiger partial charge in [-0.1, -0.05) is 74.2 Å². The van der Waals surface area contributed by atoms with E-state index in [0.29, 0.717) is 0 Å². The number of hydrogen-bond acceptors (Lipinski definition) is 0. The van der Waals surface area contributed by atoms with Crippen LogP contribution in [0, 0.1) is 6.92 Å². The van der Waals surface area contributed by atoms with Crippen molar-refractivity contribution in [1.82, 2.24) is 0 Å². The Hall–Kier alpha value is 0.480. The smallest absolute Gasteiger partial charge is 0.00313 e. The van der Waals surface area contributed by atoms with E-state index in [4.69, 9.17) is 0 Å². The highest BCUT2D eigenvalue weighted by Gasteiger charge is 1.90. The van der Waals surface area contributed by atoms with Crippen LogP contribution in [0.4, 0.5) is 0 Å². The molecule has 0 heterocycles. The molecule has 0 atom stereocenters. The first kappa shape index (κ1) is 12.5. The van der Waals surface area contributed by atoms with E-state index in [2.05, 4.69) is 22.9 Å². The summed E-state index contributed by atoms with van der Waals surface area (Å²) in [5, 5.41) is 1.18. The predicted octanol–water partition coefficient (Wildman–Crippen LogP) is 4.73. The molecule has 0 spiro atoms. The standard InChI is InChI=1S/C11H22Br/c1-2-3-4-5-6-7-8-9-10-11-12/h1-11H2. The van der Waals surface area contributed by atoms with Crippen molar-refractivity contribution in [2.45, 2.75) is 57.8 Å². The van der Waals surface area contributed by atoms with Gasteiger partial charge >= 0.3 is 0 Å². The maximum atomic E-state index is 3.84. The fourth-order valence-corrected chi connectivity index (χ4v) is 1.73. The van der Waals surface area contributed by atoms with Crippen LogP contribution in [0.1, 0.15) is 57.8 Å². The Morgan fingerprint density at radius 3 is 1.50 bits per heavy atom.